The third kappa shape index (κ3) is 5.84. The van der Waals surface area contributed by atoms with Crippen molar-refractivity contribution in [3.63, 3.8) is 0 Å². The monoisotopic (exact) mass is 495 g/mol. The Balaban J connectivity index is 0.00000289. The van der Waals surface area contributed by atoms with Crippen molar-refractivity contribution in [2.45, 2.75) is 26.3 Å². The van der Waals surface area contributed by atoms with E-state index in [4.69, 9.17) is 11.6 Å². The summed E-state index contributed by atoms with van der Waals surface area (Å²) < 4.78 is 16.2. The van der Waals surface area contributed by atoms with Crippen molar-refractivity contribution in [1.29, 1.82) is 0 Å². The highest BCUT2D eigenvalue weighted by Crippen LogP contribution is 2.25. The average Bonchev–Trinajstić information content (AvgIpc) is 3.05. The number of thiazole rings is 1. The van der Waals surface area contributed by atoms with Crippen LogP contribution >= 0.6 is 35.3 Å². The lowest BCUT2D eigenvalue weighted by Crippen LogP contribution is -2.38. The van der Waals surface area contributed by atoms with E-state index >= 15 is 0 Å². The van der Waals surface area contributed by atoms with Crippen LogP contribution in [0.25, 0.3) is 10.2 Å². The van der Waals surface area contributed by atoms with Gasteiger partial charge in [0.2, 0.25) is 5.91 Å². The largest absolute Gasteiger partial charge is 0.316 e. The Hall–Kier alpha value is -2.06. The fourth-order valence-corrected chi connectivity index (χ4v) is 5.32. The lowest BCUT2D eigenvalue weighted by atomic mass is 9.96. The van der Waals surface area contributed by atoms with E-state index in [1.807, 2.05) is 18.2 Å². The molecule has 0 saturated carbocycles. The van der Waals surface area contributed by atoms with Gasteiger partial charge in [-0.05, 0) is 74.3 Å². The topological polar surface area (TPSA) is 54.7 Å². The van der Waals surface area contributed by atoms with E-state index < -0.39 is 0 Å². The normalized spacial score (nSPS) is 15.7. The zero-order chi connectivity index (χ0) is 22.0. The van der Waals surface area contributed by atoms with Gasteiger partial charge in [-0.3, -0.25) is 14.5 Å². The summed E-state index contributed by atoms with van der Waals surface area (Å²) in [6.07, 6.45) is 1.91. The molecule has 1 saturated heterocycles. The van der Waals surface area contributed by atoms with Crippen LogP contribution in [0.5, 0.6) is 0 Å². The Morgan fingerprint density at radius 1 is 1.16 bits per heavy atom. The van der Waals surface area contributed by atoms with Gasteiger partial charge in [0.15, 0.2) is 10.6 Å². The predicted molar refractivity (Wildman–Crippen MR) is 128 cm³/mol. The van der Waals surface area contributed by atoms with Gasteiger partial charge in [0.05, 0.1) is 16.8 Å². The van der Waals surface area contributed by atoms with Crippen LogP contribution in [-0.2, 0) is 11.3 Å². The zero-order valence-corrected chi connectivity index (χ0v) is 20.0. The van der Waals surface area contributed by atoms with Crippen LogP contribution in [0.2, 0.25) is 5.02 Å². The lowest BCUT2D eigenvalue weighted by Gasteiger charge is -2.31. The lowest BCUT2D eigenvalue weighted by molar-refractivity contribution is -0.116. The Morgan fingerprint density at radius 2 is 1.84 bits per heavy atom. The number of benzene rings is 2. The molecule has 0 radical (unpaired) electrons. The summed E-state index contributed by atoms with van der Waals surface area (Å²) in [6.45, 7) is 4.22. The number of aromatic nitrogens is 1. The highest BCUT2D eigenvalue weighted by atomic mass is 35.5. The molecular weight excluding hydrogens is 472 g/mol. The third-order valence-corrected chi connectivity index (χ3v) is 6.86. The molecule has 1 aliphatic heterocycles. The van der Waals surface area contributed by atoms with Crippen LogP contribution in [0.3, 0.4) is 0 Å². The number of nitrogens with zero attached hydrogens (tertiary/aromatic N) is 3. The Bertz CT molecular complexity index is 1180. The van der Waals surface area contributed by atoms with E-state index in [0.29, 0.717) is 27.9 Å². The standard InChI is InChI=1S/C23H23ClFN3O2S.ClH/c1-15(29)26-23-28(20-7-4-18(24)12-22(20)31-23)13-16-8-10-27(11-9-16)14-21(30)17-2-5-19(25)6-3-17;/h2-7,12,16H,8-11,13-14H2,1H3;1H/b26-23+;. The van der Waals surface area contributed by atoms with E-state index in [1.165, 1.54) is 42.5 Å². The van der Waals surface area contributed by atoms with Crippen LogP contribution in [0.1, 0.15) is 30.1 Å². The maximum atomic E-state index is 13.1. The van der Waals surface area contributed by atoms with Gasteiger partial charge in [-0.15, -0.1) is 12.4 Å². The quantitative estimate of drug-likeness (QED) is 0.470. The van der Waals surface area contributed by atoms with E-state index in [-0.39, 0.29) is 29.9 Å². The first-order valence-electron chi connectivity index (χ1n) is 10.2. The van der Waals surface area contributed by atoms with Gasteiger partial charge < -0.3 is 4.57 Å². The first kappa shape index (κ1) is 24.6. The van der Waals surface area contributed by atoms with Crippen LogP contribution < -0.4 is 4.80 Å². The number of hydrogen-bond acceptors (Lipinski definition) is 4. The number of Topliss-reactive ketones (excluding diaryl/α,β-unsaturated/α-hetero) is 1. The summed E-state index contributed by atoms with van der Waals surface area (Å²) >= 11 is 7.61. The van der Waals surface area contributed by atoms with Crippen molar-refractivity contribution in [1.82, 2.24) is 9.47 Å². The molecule has 1 aliphatic rings. The molecule has 3 aromatic rings. The Kier molecular flexibility index (Phi) is 8.22. The van der Waals surface area contributed by atoms with Gasteiger partial charge in [0.25, 0.3) is 0 Å². The maximum Gasteiger partial charge on any atom is 0.245 e. The second kappa shape index (κ2) is 10.7. The average molecular weight is 496 g/mol. The van der Waals surface area contributed by atoms with Gasteiger partial charge in [-0.2, -0.15) is 4.99 Å². The molecule has 170 valence electrons. The van der Waals surface area contributed by atoms with Crippen LogP contribution in [0.4, 0.5) is 4.39 Å². The van der Waals surface area contributed by atoms with Crippen molar-refractivity contribution < 1.29 is 14.0 Å². The molecule has 5 nitrogen and oxygen atoms in total. The highest BCUT2D eigenvalue weighted by molar-refractivity contribution is 7.16. The minimum absolute atomic E-state index is 0. The number of fused-ring (bicyclic) bond motifs is 1. The number of carbonyl (C=O) groups excluding carboxylic acids is 2. The fraction of sp³-hybridized carbons (Fsp3) is 0.348. The minimum Gasteiger partial charge on any atom is -0.316 e. The van der Waals surface area contributed by atoms with Crippen molar-refractivity contribution in [3.8, 4) is 0 Å². The van der Waals surface area contributed by atoms with Gasteiger partial charge in [0, 0.05) is 24.1 Å². The summed E-state index contributed by atoms with van der Waals surface area (Å²) in [5.74, 6) is -0.123. The van der Waals surface area contributed by atoms with Gasteiger partial charge >= 0.3 is 0 Å². The predicted octanol–water partition coefficient (Wildman–Crippen LogP) is 4.96. The number of likely N-dealkylation sites (tertiary alicyclic amines) is 1. The fourth-order valence-electron chi connectivity index (χ4n) is 3.96. The van der Waals surface area contributed by atoms with Crippen molar-refractivity contribution >= 4 is 57.3 Å². The van der Waals surface area contributed by atoms with Crippen molar-refractivity contribution in [2.75, 3.05) is 19.6 Å². The molecule has 9 heteroatoms. The number of amides is 1. The maximum absolute atomic E-state index is 13.1. The first-order chi connectivity index (χ1) is 14.9. The van der Waals surface area contributed by atoms with Crippen LogP contribution in [0.15, 0.2) is 47.5 Å². The van der Waals surface area contributed by atoms with Gasteiger partial charge in [0.1, 0.15) is 5.82 Å². The molecule has 0 spiro atoms. The van der Waals surface area contributed by atoms with Gasteiger partial charge in [-0.1, -0.05) is 22.9 Å². The first-order valence-corrected chi connectivity index (χ1v) is 11.4. The summed E-state index contributed by atoms with van der Waals surface area (Å²) in [5, 5.41) is 0.661. The SMILES string of the molecule is CC(=O)/N=c1/sc2cc(Cl)ccc2n1CC1CCN(CC(=O)c2ccc(F)cc2)CC1.Cl. The van der Waals surface area contributed by atoms with Crippen molar-refractivity contribution in [3.05, 3.63) is 63.7 Å². The number of ketones is 1. The number of piperidine rings is 1. The Labute approximate surface area is 200 Å². The second-order valence-corrected chi connectivity index (χ2v) is 9.33. The van der Waals surface area contributed by atoms with E-state index in [9.17, 15) is 14.0 Å². The number of rotatable bonds is 5. The van der Waals surface area contributed by atoms with E-state index in [0.717, 1.165) is 42.7 Å². The summed E-state index contributed by atoms with van der Waals surface area (Å²) in [7, 11) is 0. The molecule has 1 fully saturated rings. The summed E-state index contributed by atoms with van der Waals surface area (Å²) in [4.78, 5) is 31.1. The Morgan fingerprint density at radius 3 is 2.50 bits per heavy atom. The molecule has 1 amide bonds. The molecule has 0 bridgehead atoms. The van der Waals surface area contributed by atoms with Crippen LogP contribution in [0, 0.1) is 11.7 Å². The summed E-state index contributed by atoms with van der Waals surface area (Å²) in [5.41, 5.74) is 1.57. The molecular formula is C23H24Cl2FN3O2S. The van der Waals surface area contributed by atoms with E-state index in [2.05, 4.69) is 14.5 Å². The zero-order valence-electron chi connectivity index (χ0n) is 17.6. The number of hydrogen-bond donors (Lipinski definition) is 0. The van der Waals surface area contributed by atoms with Gasteiger partial charge in [-0.25, -0.2) is 4.39 Å². The molecule has 4 rings (SSSR count). The molecule has 0 atom stereocenters. The molecule has 0 N–H and O–H groups in total. The highest BCUT2D eigenvalue weighted by Gasteiger charge is 2.23. The molecule has 0 unspecified atom stereocenters. The second-order valence-electron chi connectivity index (χ2n) is 7.89. The summed E-state index contributed by atoms with van der Waals surface area (Å²) in [6, 6.07) is 11.4. The molecule has 1 aromatic heterocycles. The number of halogens is 3. The smallest absolute Gasteiger partial charge is 0.245 e. The van der Waals surface area contributed by atoms with Crippen molar-refractivity contribution in [2.24, 2.45) is 10.9 Å². The number of carbonyl (C=O) groups is 2. The molecule has 0 aliphatic carbocycles. The third-order valence-electron chi connectivity index (χ3n) is 5.58. The van der Waals surface area contributed by atoms with E-state index in [1.54, 1.807) is 0 Å². The molecule has 2 aromatic carbocycles. The minimum atomic E-state index is -0.339. The molecule has 32 heavy (non-hydrogen) atoms. The molecule has 2 heterocycles. The van der Waals surface area contributed by atoms with Crippen LogP contribution in [-0.4, -0.2) is 40.8 Å².